The normalized spacial score (nSPS) is 10.5. The van der Waals surface area contributed by atoms with E-state index < -0.39 is 10.9 Å². The van der Waals surface area contributed by atoms with Crippen molar-refractivity contribution in [2.45, 2.75) is 0 Å². The molecule has 6 nitrogen and oxygen atoms in total. The highest BCUT2D eigenvalue weighted by Gasteiger charge is 2.13. The summed E-state index contributed by atoms with van der Waals surface area (Å²) in [6.45, 7) is 0. The summed E-state index contributed by atoms with van der Waals surface area (Å²) in [6.07, 6.45) is 3.39. The molecule has 0 fully saturated rings. The van der Waals surface area contributed by atoms with Gasteiger partial charge in [0, 0.05) is 11.6 Å². The largest absolute Gasteiger partial charge is 0.457 e. The van der Waals surface area contributed by atoms with Crippen LogP contribution in [0.5, 0.6) is 5.75 Å². The Morgan fingerprint density at radius 1 is 1.26 bits per heavy atom. The summed E-state index contributed by atoms with van der Waals surface area (Å²) in [5.74, 6) is -0.373. The van der Waals surface area contributed by atoms with E-state index in [0.29, 0.717) is 5.56 Å². The third kappa shape index (κ3) is 3.29. The van der Waals surface area contributed by atoms with Crippen LogP contribution in [0.4, 0.5) is 0 Å². The number of rotatable bonds is 4. The maximum atomic E-state index is 11.7. The molecule has 0 aliphatic heterocycles. The molecule has 0 unspecified atom stereocenters. The van der Waals surface area contributed by atoms with Gasteiger partial charge in [-0.2, -0.15) is 0 Å². The topological polar surface area (TPSA) is 82.6 Å². The lowest BCUT2D eigenvalue weighted by molar-refractivity contribution is -0.400. The van der Waals surface area contributed by atoms with Crippen LogP contribution in [0.25, 0.3) is 6.08 Å². The zero-order valence-corrected chi connectivity index (χ0v) is 9.68. The summed E-state index contributed by atoms with van der Waals surface area (Å²) >= 11 is 0. The second kappa shape index (κ2) is 5.63. The molecule has 0 amide bonds. The van der Waals surface area contributed by atoms with Crippen LogP contribution in [0.1, 0.15) is 16.1 Å². The standard InChI is InChI=1S/C13H9NO5/c15-13(12-6-3-9-18-12)19-11-5-2-1-4-10(11)7-8-14(16)17/h1-9H. The van der Waals surface area contributed by atoms with Crippen LogP contribution in [0.15, 0.2) is 53.3 Å². The van der Waals surface area contributed by atoms with Gasteiger partial charge >= 0.3 is 5.97 Å². The van der Waals surface area contributed by atoms with Crippen LogP contribution >= 0.6 is 0 Å². The van der Waals surface area contributed by atoms with Gasteiger partial charge in [-0.1, -0.05) is 18.2 Å². The van der Waals surface area contributed by atoms with Crippen LogP contribution in [0.2, 0.25) is 0 Å². The van der Waals surface area contributed by atoms with Gasteiger partial charge in [-0.05, 0) is 18.2 Å². The van der Waals surface area contributed by atoms with Crippen LogP contribution in [-0.4, -0.2) is 10.9 Å². The Kier molecular flexibility index (Phi) is 3.72. The number of nitro groups is 1. The Labute approximate surface area is 108 Å². The molecule has 2 aromatic rings. The lowest BCUT2D eigenvalue weighted by Crippen LogP contribution is -2.07. The first kappa shape index (κ1) is 12.6. The maximum Gasteiger partial charge on any atom is 0.379 e. The van der Waals surface area contributed by atoms with E-state index in [9.17, 15) is 14.9 Å². The summed E-state index contributed by atoms with van der Waals surface area (Å²) in [7, 11) is 0. The first-order valence-electron chi connectivity index (χ1n) is 5.33. The van der Waals surface area contributed by atoms with E-state index in [2.05, 4.69) is 0 Å². The number of ether oxygens (including phenoxy) is 1. The van der Waals surface area contributed by atoms with E-state index in [1.807, 2.05) is 0 Å². The minimum Gasteiger partial charge on any atom is -0.457 e. The summed E-state index contributed by atoms with van der Waals surface area (Å²) in [5, 5.41) is 10.3. The fraction of sp³-hybridized carbons (Fsp3) is 0. The number of esters is 1. The third-order valence-corrected chi connectivity index (χ3v) is 2.22. The molecule has 0 aliphatic rings. The Bertz CT molecular complexity index is 616. The van der Waals surface area contributed by atoms with Crippen molar-refractivity contribution in [3.8, 4) is 5.75 Å². The molecule has 0 bridgehead atoms. The molecule has 0 N–H and O–H groups in total. The second-order valence-electron chi connectivity index (χ2n) is 3.51. The average Bonchev–Trinajstić information content (AvgIpc) is 2.91. The molecule has 0 radical (unpaired) electrons. The quantitative estimate of drug-likeness (QED) is 0.365. The van der Waals surface area contributed by atoms with E-state index in [4.69, 9.17) is 9.15 Å². The minimum atomic E-state index is -0.660. The number of para-hydroxylation sites is 1. The molecule has 6 heteroatoms. The van der Waals surface area contributed by atoms with Crippen molar-refractivity contribution in [2.24, 2.45) is 0 Å². The van der Waals surface area contributed by atoms with Gasteiger partial charge in [-0.15, -0.1) is 0 Å². The van der Waals surface area contributed by atoms with Crippen LogP contribution in [0.3, 0.4) is 0 Å². The predicted octanol–water partition coefficient (Wildman–Crippen LogP) is 2.75. The summed E-state index contributed by atoms with van der Waals surface area (Å²) < 4.78 is 10.0. The van der Waals surface area contributed by atoms with Crippen molar-refractivity contribution >= 4 is 12.0 Å². The van der Waals surface area contributed by atoms with Gasteiger partial charge in [0.25, 0.3) is 0 Å². The third-order valence-electron chi connectivity index (χ3n) is 2.22. The number of carbonyl (C=O) groups is 1. The molecule has 0 spiro atoms. The maximum absolute atomic E-state index is 11.7. The molecule has 0 saturated carbocycles. The van der Waals surface area contributed by atoms with Gasteiger partial charge < -0.3 is 9.15 Å². The highest BCUT2D eigenvalue weighted by Crippen LogP contribution is 2.20. The molecular formula is C13H9NO5. The predicted molar refractivity (Wildman–Crippen MR) is 66.1 cm³/mol. The molecule has 1 aromatic carbocycles. The monoisotopic (exact) mass is 259 g/mol. The molecule has 1 heterocycles. The smallest absolute Gasteiger partial charge is 0.379 e. The number of hydrogen-bond donors (Lipinski definition) is 0. The lowest BCUT2D eigenvalue weighted by atomic mass is 10.2. The summed E-state index contributed by atoms with van der Waals surface area (Å²) in [4.78, 5) is 21.4. The van der Waals surface area contributed by atoms with Crippen LogP contribution < -0.4 is 4.74 Å². The van der Waals surface area contributed by atoms with E-state index in [1.54, 1.807) is 30.3 Å². The van der Waals surface area contributed by atoms with Gasteiger partial charge in [0.05, 0.1) is 11.2 Å². The molecule has 19 heavy (non-hydrogen) atoms. The van der Waals surface area contributed by atoms with Crippen molar-refractivity contribution in [1.29, 1.82) is 0 Å². The zero-order chi connectivity index (χ0) is 13.7. The Hall–Kier alpha value is -2.89. The summed E-state index contributed by atoms with van der Waals surface area (Å²) in [5.41, 5.74) is 0.430. The van der Waals surface area contributed by atoms with Crippen molar-refractivity contribution in [3.63, 3.8) is 0 Å². The van der Waals surface area contributed by atoms with E-state index in [-0.39, 0.29) is 11.5 Å². The summed E-state index contributed by atoms with van der Waals surface area (Å²) in [6, 6.07) is 9.52. The number of carbonyl (C=O) groups excluding carboxylic acids is 1. The van der Waals surface area contributed by atoms with Gasteiger partial charge in [0.15, 0.2) is 0 Å². The molecule has 1 aromatic heterocycles. The number of nitrogens with zero attached hydrogens (tertiary/aromatic N) is 1. The van der Waals surface area contributed by atoms with Gasteiger partial charge in [-0.25, -0.2) is 4.79 Å². The Morgan fingerprint density at radius 2 is 2.05 bits per heavy atom. The first-order chi connectivity index (χ1) is 9.16. The molecular weight excluding hydrogens is 250 g/mol. The number of hydrogen-bond acceptors (Lipinski definition) is 5. The number of furan rings is 1. The van der Waals surface area contributed by atoms with Crippen LogP contribution in [-0.2, 0) is 0 Å². The highest BCUT2D eigenvalue weighted by molar-refractivity contribution is 5.88. The first-order valence-corrected chi connectivity index (χ1v) is 5.33. The molecule has 0 atom stereocenters. The van der Waals surface area contributed by atoms with Crippen molar-refractivity contribution < 1.29 is 18.9 Å². The average molecular weight is 259 g/mol. The Balaban J connectivity index is 2.21. The Morgan fingerprint density at radius 3 is 2.74 bits per heavy atom. The second-order valence-corrected chi connectivity index (χ2v) is 3.51. The van der Waals surface area contributed by atoms with Crippen LogP contribution in [0, 0.1) is 10.1 Å². The lowest BCUT2D eigenvalue weighted by Gasteiger charge is -2.05. The van der Waals surface area contributed by atoms with Crippen molar-refractivity contribution in [3.05, 3.63) is 70.3 Å². The minimum absolute atomic E-state index is 0.0630. The van der Waals surface area contributed by atoms with E-state index in [1.165, 1.54) is 18.4 Å². The zero-order valence-electron chi connectivity index (χ0n) is 9.68. The molecule has 0 aliphatic carbocycles. The highest BCUT2D eigenvalue weighted by atomic mass is 16.6. The van der Waals surface area contributed by atoms with Gasteiger partial charge in [0.1, 0.15) is 5.75 Å². The molecule has 96 valence electrons. The van der Waals surface area contributed by atoms with Crippen molar-refractivity contribution in [2.75, 3.05) is 0 Å². The van der Waals surface area contributed by atoms with Gasteiger partial charge in [0.2, 0.25) is 12.0 Å². The fourth-order valence-electron chi connectivity index (χ4n) is 1.40. The van der Waals surface area contributed by atoms with Crippen molar-refractivity contribution in [1.82, 2.24) is 0 Å². The molecule has 2 rings (SSSR count). The number of benzene rings is 1. The van der Waals surface area contributed by atoms with Gasteiger partial charge in [-0.3, -0.25) is 10.1 Å². The molecule has 0 saturated heterocycles. The van der Waals surface area contributed by atoms with E-state index >= 15 is 0 Å². The SMILES string of the molecule is O=C(Oc1ccccc1C=C[N+](=O)[O-])c1ccco1. The fourth-order valence-corrected chi connectivity index (χ4v) is 1.40. The van der Waals surface area contributed by atoms with E-state index in [0.717, 1.165) is 6.20 Å².